The number of aliphatic hydroxyl groups is 1. The molecule has 3 nitrogen and oxygen atoms in total. The summed E-state index contributed by atoms with van der Waals surface area (Å²) in [5.74, 6) is 1.15. The Bertz CT molecular complexity index is 351. The van der Waals surface area contributed by atoms with Crippen LogP contribution in [0.3, 0.4) is 0 Å². The topological polar surface area (TPSA) is 40.5 Å². The van der Waals surface area contributed by atoms with E-state index in [1.54, 1.807) is 4.90 Å². The average molecular weight is 253 g/mol. The third kappa shape index (κ3) is 5.24. The lowest BCUT2D eigenvalue weighted by molar-refractivity contribution is -0.127. The molecule has 0 aromatic heterocycles. The van der Waals surface area contributed by atoms with Crippen LogP contribution in [0.25, 0.3) is 0 Å². The van der Waals surface area contributed by atoms with Crippen LogP contribution >= 0.6 is 11.8 Å². The van der Waals surface area contributed by atoms with Crippen LogP contribution in [-0.4, -0.2) is 41.1 Å². The molecular weight excluding hydrogens is 234 g/mol. The van der Waals surface area contributed by atoms with Crippen molar-refractivity contribution in [3.63, 3.8) is 0 Å². The van der Waals surface area contributed by atoms with Gasteiger partial charge in [0, 0.05) is 19.3 Å². The first-order valence-electron chi connectivity index (χ1n) is 5.61. The molecule has 0 aliphatic carbocycles. The maximum atomic E-state index is 11.7. The summed E-state index contributed by atoms with van der Waals surface area (Å²) in [5.41, 5.74) is 2.36. The molecule has 0 saturated heterocycles. The molecule has 0 unspecified atom stereocenters. The van der Waals surface area contributed by atoms with Crippen LogP contribution in [0.1, 0.15) is 11.1 Å². The summed E-state index contributed by atoms with van der Waals surface area (Å²) in [4.78, 5) is 13.4. The molecule has 0 spiro atoms. The summed E-state index contributed by atoms with van der Waals surface area (Å²) in [7, 11) is 1.81. The van der Waals surface area contributed by atoms with Crippen molar-refractivity contribution in [3.8, 4) is 0 Å². The molecule has 0 bridgehead atoms. The van der Waals surface area contributed by atoms with E-state index in [1.807, 2.05) is 38.2 Å². The summed E-state index contributed by atoms with van der Waals surface area (Å²) in [6, 6.07) is 8.18. The van der Waals surface area contributed by atoms with E-state index in [1.165, 1.54) is 17.3 Å². The number of amides is 1. The second-order valence-corrected chi connectivity index (χ2v) is 5.12. The Morgan fingerprint density at radius 3 is 2.59 bits per heavy atom. The fourth-order valence-electron chi connectivity index (χ4n) is 1.39. The molecule has 1 aromatic carbocycles. The highest BCUT2D eigenvalue weighted by atomic mass is 32.2. The second-order valence-electron chi connectivity index (χ2n) is 4.01. The Hall–Kier alpha value is -1.00. The zero-order chi connectivity index (χ0) is 12.7. The van der Waals surface area contributed by atoms with Gasteiger partial charge in [0.1, 0.15) is 0 Å². The van der Waals surface area contributed by atoms with Crippen molar-refractivity contribution in [2.75, 3.05) is 25.2 Å². The van der Waals surface area contributed by atoms with E-state index in [2.05, 4.69) is 0 Å². The van der Waals surface area contributed by atoms with Crippen LogP contribution in [0.15, 0.2) is 24.3 Å². The van der Waals surface area contributed by atoms with Gasteiger partial charge < -0.3 is 10.0 Å². The number of benzene rings is 1. The summed E-state index contributed by atoms with van der Waals surface area (Å²) in [5, 5.41) is 8.63. The van der Waals surface area contributed by atoms with Gasteiger partial charge in [-0.2, -0.15) is 0 Å². The molecule has 0 aliphatic heterocycles. The molecule has 0 heterocycles. The smallest absolute Gasteiger partial charge is 0.232 e. The highest BCUT2D eigenvalue weighted by Crippen LogP contribution is 2.07. The minimum absolute atomic E-state index is 0.101. The van der Waals surface area contributed by atoms with Gasteiger partial charge in [0.15, 0.2) is 0 Å². The lowest BCUT2D eigenvalue weighted by atomic mass is 10.1. The zero-order valence-electron chi connectivity index (χ0n) is 10.3. The fourth-order valence-corrected chi connectivity index (χ4v) is 2.06. The van der Waals surface area contributed by atoms with E-state index in [0.717, 1.165) is 5.56 Å². The number of hydrogen-bond donors (Lipinski definition) is 1. The van der Waals surface area contributed by atoms with Crippen LogP contribution < -0.4 is 0 Å². The first-order chi connectivity index (χ1) is 8.13. The van der Waals surface area contributed by atoms with Gasteiger partial charge in [0.05, 0.1) is 12.4 Å². The van der Waals surface area contributed by atoms with Crippen LogP contribution in [0.4, 0.5) is 0 Å². The normalized spacial score (nSPS) is 10.3. The van der Waals surface area contributed by atoms with Crippen molar-refractivity contribution in [2.45, 2.75) is 13.5 Å². The zero-order valence-corrected chi connectivity index (χ0v) is 11.2. The highest BCUT2D eigenvalue weighted by Gasteiger charge is 2.08. The van der Waals surface area contributed by atoms with Gasteiger partial charge in [-0.05, 0) is 12.5 Å². The van der Waals surface area contributed by atoms with E-state index < -0.39 is 0 Å². The van der Waals surface area contributed by atoms with Gasteiger partial charge in [-0.1, -0.05) is 29.8 Å². The van der Waals surface area contributed by atoms with Crippen molar-refractivity contribution in [1.82, 2.24) is 4.90 Å². The monoisotopic (exact) mass is 253 g/mol. The van der Waals surface area contributed by atoms with E-state index in [-0.39, 0.29) is 12.5 Å². The third-order valence-electron chi connectivity index (χ3n) is 2.43. The predicted octanol–water partition coefficient (Wildman–Crippen LogP) is 1.68. The van der Waals surface area contributed by atoms with Gasteiger partial charge in [-0.3, -0.25) is 4.79 Å². The standard InChI is InChI=1S/C13H19NO2S/c1-11-3-5-12(6-4-11)9-14(2)13(16)10-17-8-7-15/h3-6,15H,7-10H2,1-2H3. The summed E-state index contributed by atoms with van der Waals surface area (Å²) < 4.78 is 0. The Labute approximate surface area is 107 Å². The molecule has 1 amide bonds. The fraction of sp³-hybridized carbons (Fsp3) is 0.462. The lowest BCUT2D eigenvalue weighted by Crippen LogP contribution is -2.28. The molecule has 94 valence electrons. The number of nitrogens with zero attached hydrogens (tertiary/aromatic N) is 1. The van der Waals surface area contributed by atoms with Gasteiger partial charge in [0.25, 0.3) is 0 Å². The van der Waals surface area contributed by atoms with Crippen LogP contribution in [0.5, 0.6) is 0 Å². The van der Waals surface area contributed by atoms with Gasteiger partial charge in [-0.25, -0.2) is 0 Å². The molecule has 0 aliphatic rings. The van der Waals surface area contributed by atoms with Crippen LogP contribution in [0.2, 0.25) is 0 Å². The quantitative estimate of drug-likeness (QED) is 0.784. The molecule has 1 rings (SSSR count). The number of hydrogen-bond acceptors (Lipinski definition) is 3. The first kappa shape index (κ1) is 14.1. The maximum absolute atomic E-state index is 11.7. The highest BCUT2D eigenvalue weighted by molar-refractivity contribution is 7.99. The number of aliphatic hydroxyl groups excluding tert-OH is 1. The first-order valence-corrected chi connectivity index (χ1v) is 6.77. The number of carbonyl (C=O) groups is 1. The molecule has 1 aromatic rings. The lowest BCUT2D eigenvalue weighted by Gasteiger charge is -2.17. The summed E-state index contributed by atoms with van der Waals surface area (Å²) in [6.45, 7) is 2.81. The third-order valence-corrected chi connectivity index (χ3v) is 3.35. The van der Waals surface area contributed by atoms with Crippen molar-refractivity contribution in [1.29, 1.82) is 0 Å². The Kier molecular flexibility index (Phi) is 6.08. The van der Waals surface area contributed by atoms with Crippen LogP contribution in [0, 0.1) is 6.92 Å². The Morgan fingerprint density at radius 1 is 1.35 bits per heavy atom. The molecule has 0 atom stereocenters. The summed E-state index contributed by atoms with van der Waals surface area (Å²) >= 11 is 1.46. The van der Waals surface area contributed by atoms with Gasteiger partial charge in [-0.15, -0.1) is 11.8 Å². The van der Waals surface area contributed by atoms with Gasteiger partial charge >= 0.3 is 0 Å². The molecule has 0 saturated carbocycles. The number of thioether (sulfide) groups is 1. The molecule has 17 heavy (non-hydrogen) atoms. The molecule has 1 N–H and O–H groups in total. The Balaban J connectivity index is 2.40. The van der Waals surface area contributed by atoms with Crippen molar-refractivity contribution >= 4 is 17.7 Å². The van der Waals surface area contributed by atoms with Crippen LogP contribution in [-0.2, 0) is 11.3 Å². The van der Waals surface area contributed by atoms with E-state index in [4.69, 9.17) is 5.11 Å². The molecular formula is C13H19NO2S. The number of aryl methyl sites for hydroxylation is 1. The predicted molar refractivity (Wildman–Crippen MR) is 72.1 cm³/mol. The SMILES string of the molecule is Cc1ccc(CN(C)C(=O)CSCCO)cc1. The molecule has 0 fully saturated rings. The Morgan fingerprint density at radius 2 is 2.00 bits per heavy atom. The summed E-state index contributed by atoms with van der Waals surface area (Å²) in [6.07, 6.45) is 0. The largest absolute Gasteiger partial charge is 0.396 e. The maximum Gasteiger partial charge on any atom is 0.232 e. The minimum Gasteiger partial charge on any atom is -0.396 e. The van der Waals surface area contributed by atoms with Crippen molar-refractivity contribution < 1.29 is 9.90 Å². The average Bonchev–Trinajstić information content (AvgIpc) is 2.32. The number of carbonyl (C=O) groups excluding carboxylic acids is 1. The second kappa shape index (κ2) is 7.35. The van der Waals surface area contributed by atoms with Crippen molar-refractivity contribution in [2.24, 2.45) is 0 Å². The van der Waals surface area contributed by atoms with Crippen molar-refractivity contribution in [3.05, 3.63) is 35.4 Å². The van der Waals surface area contributed by atoms with E-state index in [9.17, 15) is 4.79 Å². The number of rotatable bonds is 6. The van der Waals surface area contributed by atoms with E-state index >= 15 is 0 Å². The minimum atomic E-state index is 0.101. The van der Waals surface area contributed by atoms with Gasteiger partial charge in [0.2, 0.25) is 5.91 Å². The molecule has 4 heteroatoms. The van der Waals surface area contributed by atoms with E-state index in [0.29, 0.717) is 18.1 Å². The molecule has 0 radical (unpaired) electrons.